The van der Waals surface area contributed by atoms with Gasteiger partial charge in [0, 0.05) is 5.56 Å². The minimum atomic E-state index is 0.0754. The zero-order chi connectivity index (χ0) is 12.4. The molecule has 0 aliphatic carbocycles. The normalized spacial score (nSPS) is 10.4. The van der Waals surface area contributed by atoms with Crippen molar-refractivity contribution in [3.05, 3.63) is 42.0 Å². The van der Waals surface area contributed by atoms with Crippen molar-refractivity contribution in [2.24, 2.45) is 0 Å². The van der Waals surface area contributed by atoms with Gasteiger partial charge in [-0.25, -0.2) is 0 Å². The summed E-state index contributed by atoms with van der Waals surface area (Å²) in [4.78, 5) is 0. The van der Waals surface area contributed by atoms with E-state index in [-0.39, 0.29) is 17.2 Å². The molecule has 17 heavy (non-hydrogen) atoms. The SMILES string of the molecule is CCc1ccc(-c2cc(O)ccc2O)cc1O. The van der Waals surface area contributed by atoms with Crippen LogP contribution in [0.1, 0.15) is 12.5 Å². The van der Waals surface area contributed by atoms with Crippen molar-refractivity contribution < 1.29 is 15.3 Å². The van der Waals surface area contributed by atoms with Crippen molar-refractivity contribution in [1.82, 2.24) is 0 Å². The summed E-state index contributed by atoms with van der Waals surface area (Å²) in [5.41, 5.74) is 2.03. The smallest absolute Gasteiger partial charge is 0.123 e. The van der Waals surface area contributed by atoms with Gasteiger partial charge in [-0.15, -0.1) is 0 Å². The van der Waals surface area contributed by atoms with E-state index in [9.17, 15) is 15.3 Å². The topological polar surface area (TPSA) is 60.7 Å². The maximum atomic E-state index is 9.77. The molecule has 2 aromatic rings. The van der Waals surface area contributed by atoms with Crippen LogP contribution in [-0.4, -0.2) is 15.3 Å². The second-order valence-electron chi connectivity index (χ2n) is 3.90. The van der Waals surface area contributed by atoms with Crippen LogP contribution < -0.4 is 0 Å². The van der Waals surface area contributed by atoms with Crippen LogP contribution in [-0.2, 0) is 6.42 Å². The van der Waals surface area contributed by atoms with Crippen LogP contribution in [0.2, 0.25) is 0 Å². The number of phenols is 3. The zero-order valence-electron chi connectivity index (χ0n) is 9.51. The van der Waals surface area contributed by atoms with Gasteiger partial charge in [0.25, 0.3) is 0 Å². The first kappa shape index (κ1) is 11.3. The van der Waals surface area contributed by atoms with Crippen LogP contribution in [0.4, 0.5) is 0 Å². The first-order chi connectivity index (χ1) is 8.11. The molecule has 0 aromatic heterocycles. The monoisotopic (exact) mass is 230 g/mol. The Kier molecular flexibility index (Phi) is 2.91. The van der Waals surface area contributed by atoms with E-state index >= 15 is 0 Å². The maximum absolute atomic E-state index is 9.77. The van der Waals surface area contributed by atoms with Crippen LogP contribution in [0, 0.1) is 0 Å². The van der Waals surface area contributed by atoms with Crippen molar-refractivity contribution in [3.63, 3.8) is 0 Å². The summed E-state index contributed by atoms with van der Waals surface area (Å²) in [6.45, 7) is 1.96. The van der Waals surface area contributed by atoms with Crippen molar-refractivity contribution in [3.8, 4) is 28.4 Å². The number of aromatic hydroxyl groups is 3. The molecule has 0 radical (unpaired) electrons. The molecule has 0 saturated heterocycles. The van der Waals surface area contributed by atoms with Crippen molar-refractivity contribution >= 4 is 0 Å². The molecule has 0 spiro atoms. The van der Waals surface area contributed by atoms with Crippen LogP contribution in [0.15, 0.2) is 36.4 Å². The molecular weight excluding hydrogens is 216 g/mol. The lowest BCUT2D eigenvalue weighted by Crippen LogP contribution is -1.84. The quantitative estimate of drug-likeness (QED) is 0.695. The Morgan fingerprint density at radius 2 is 1.65 bits per heavy atom. The molecular formula is C14H14O3. The molecule has 3 N–H and O–H groups in total. The van der Waals surface area contributed by atoms with Gasteiger partial charge in [0.1, 0.15) is 17.2 Å². The van der Waals surface area contributed by atoms with E-state index in [0.29, 0.717) is 11.1 Å². The number of benzene rings is 2. The number of rotatable bonds is 2. The Labute approximate surface area is 99.6 Å². The van der Waals surface area contributed by atoms with Gasteiger partial charge in [-0.2, -0.15) is 0 Å². The fourth-order valence-electron chi connectivity index (χ4n) is 1.79. The standard InChI is InChI=1S/C14H14O3/c1-2-9-3-4-10(7-14(9)17)12-8-11(15)5-6-13(12)16/h3-8,15-17H,2H2,1H3. The summed E-state index contributed by atoms with van der Waals surface area (Å²) in [6.07, 6.45) is 0.748. The third-order valence-corrected chi connectivity index (χ3v) is 2.76. The molecule has 3 nitrogen and oxygen atoms in total. The summed E-state index contributed by atoms with van der Waals surface area (Å²) >= 11 is 0. The third-order valence-electron chi connectivity index (χ3n) is 2.76. The van der Waals surface area contributed by atoms with Crippen LogP contribution in [0.25, 0.3) is 11.1 Å². The molecule has 0 aliphatic heterocycles. The summed E-state index contributed by atoms with van der Waals surface area (Å²) in [5, 5.41) is 28.9. The summed E-state index contributed by atoms with van der Waals surface area (Å²) in [6, 6.07) is 9.53. The number of phenolic OH excluding ortho intramolecular Hbond substituents is 3. The predicted octanol–water partition coefficient (Wildman–Crippen LogP) is 3.03. The Hall–Kier alpha value is -2.16. The Morgan fingerprint density at radius 3 is 2.29 bits per heavy atom. The van der Waals surface area contributed by atoms with Crippen LogP contribution in [0.3, 0.4) is 0 Å². The highest BCUT2D eigenvalue weighted by Gasteiger charge is 2.08. The Balaban J connectivity index is 2.53. The molecule has 0 saturated carbocycles. The molecule has 0 unspecified atom stereocenters. The molecule has 2 aromatic carbocycles. The molecule has 3 heteroatoms. The largest absolute Gasteiger partial charge is 0.508 e. The van der Waals surface area contributed by atoms with Gasteiger partial charge in [-0.05, 0) is 41.8 Å². The average molecular weight is 230 g/mol. The predicted molar refractivity (Wildman–Crippen MR) is 66.3 cm³/mol. The zero-order valence-corrected chi connectivity index (χ0v) is 9.51. The van der Waals surface area contributed by atoms with E-state index in [1.165, 1.54) is 18.2 Å². The molecule has 0 atom stereocenters. The van der Waals surface area contributed by atoms with Gasteiger partial charge in [0.05, 0.1) is 0 Å². The van der Waals surface area contributed by atoms with Gasteiger partial charge in [0.2, 0.25) is 0 Å². The van der Waals surface area contributed by atoms with Gasteiger partial charge < -0.3 is 15.3 Å². The summed E-state index contributed by atoms with van der Waals surface area (Å²) in [5.74, 6) is 0.357. The molecule has 0 amide bonds. The molecule has 0 heterocycles. The Morgan fingerprint density at radius 1 is 0.882 bits per heavy atom. The van der Waals surface area contributed by atoms with Gasteiger partial charge in [0.15, 0.2) is 0 Å². The van der Waals surface area contributed by atoms with Crippen molar-refractivity contribution in [2.45, 2.75) is 13.3 Å². The van der Waals surface area contributed by atoms with E-state index in [4.69, 9.17) is 0 Å². The van der Waals surface area contributed by atoms with Crippen LogP contribution in [0.5, 0.6) is 17.2 Å². The molecule has 0 bridgehead atoms. The molecule has 88 valence electrons. The second-order valence-corrected chi connectivity index (χ2v) is 3.90. The van der Waals surface area contributed by atoms with Gasteiger partial charge in [-0.3, -0.25) is 0 Å². The minimum Gasteiger partial charge on any atom is -0.508 e. The van der Waals surface area contributed by atoms with Gasteiger partial charge >= 0.3 is 0 Å². The first-order valence-corrected chi connectivity index (χ1v) is 5.46. The molecule has 2 rings (SSSR count). The average Bonchev–Trinajstić information content (AvgIpc) is 2.32. The second kappa shape index (κ2) is 4.37. The van der Waals surface area contributed by atoms with Crippen LogP contribution >= 0.6 is 0 Å². The van der Waals surface area contributed by atoms with E-state index < -0.39 is 0 Å². The van der Waals surface area contributed by atoms with E-state index in [0.717, 1.165) is 12.0 Å². The highest BCUT2D eigenvalue weighted by atomic mass is 16.3. The maximum Gasteiger partial charge on any atom is 0.123 e. The van der Waals surface area contributed by atoms with E-state index in [2.05, 4.69) is 0 Å². The number of aryl methyl sites for hydroxylation is 1. The lowest BCUT2D eigenvalue weighted by atomic mass is 10.0. The van der Waals surface area contributed by atoms with E-state index in [1.807, 2.05) is 19.1 Å². The molecule has 0 aliphatic rings. The fourth-order valence-corrected chi connectivity index (χ4v) is 1.79. The highest BCUT2D eigenvalue weighted by Crippen LogP contribution is 2.34. The number of hydrogen-bond acceptors (Lipinski definition) is 3. The summed E-state index contributed by atoms with van der Waals surface area (Å²) < 4.78 is 0. The lowest BCUT2D eigenvalue weighted by Gasteiger charge is -2.08. The summed E-state index contributed by atoms with van der Waals surface area (Å²) in [7, 11) is 0. The van der Waals surface area contributed by atoms with E-state index in [1.54, 1.807) is 6.07 Å². The number of hydrogen-bond donors (Lipinski definition) is 3. The highest BCUT2D eigenvalue weighted by molar-refractivity contribution is 5.73. The van der Waals surface area contributed by atoms with Crippen molar-refractivity contribution in [2.75, 3.05) is 0 Å². The van der Waals surface area contributed by atoms with Crippen molar-refractivity contribution in [1.29, 1.82) is 0 Å². The Bertz CT molecular complexity index is 547. The minimum absolute atomic E-state index is 0.0754. The lowest BCUT2D eigenvalue weighted by molar-refractivity contribution is 0.461. The molecule has 0 fully saturated rings. The third kappa shape index (κ3) is 2.18. The first-order valence-electron chi connectivity index (χ1n) is 5.46. The van der Waals surface area contributed by atoms with Gasteiger partial charge in [-0.1, -0.05) is 19.1 Å². The fraction of sp³-hybridized carbons (Fsp3) is 0.143.